The van der Waals surface area contributed by atoms with Crippen LogP contribution in [0.3, 0.4) is 0 Å². The molecule has 138 valence electrons. The molecule has 0 aliphatic carbocycles. The minimum absolute atomic E-state index is 0.0445. The van der Waals surface area contributed by atoms with Crippen LogP contribution in [0.15, 0.2) is 59.1 Å². The number of anilines is 1. The number of nitrogens with zero attached hydrogens (tertiary/aromatic N) is 1. The summed E-state index contributed by atoms with van der Waals surface area (Å²) in [5, 5.41) is 2.78. The highest BCUT2D eigenvalue weighted by Crippen LogP contribution is 2.23. The molecule has 0 spiro atoms. The molecule has 1 aromatic heterocycles. The molecular formula is C21H20N2O4. The van der Waals surface area contributed by atoms with Crippen molar-refractivity contribution in [3.63, 3.8) is 0 Å². The number of hydrogen-bond donors (Lipinski definition) is 1. The molecule has 0 saturated carbocycles. The van der Waals surface area contributed by atoms with Crippen LogP contribution >= 0.6 is 0 Å². The Labute approximate surface area is 157 Å². The fraction of sp³-hybridized carbons (Fsp3) is 0.190. The number of aryl methyl sites for hydroxylation is 1. The second kappa shape index (κ2) is 8.31. The van der Waals surface area contributed by atoms with Crippen molar-refractivity contribution < 1.29 is 18.7 Å². The van der Waals surface area contributed by atoms with E-state index in [1.54, 1.807) is 37.6 Å². The first-order valence-corrected chi connectivity index (χ1v) is 8.55. The zero-order chi connectivity index (χ0) is 19.2. The van der Waals surface area contributed by atoms with Gasteiger partial charge in [-0.25, -0.2) is 4.98 Å². The summed E-state index contributed by atoms with van der Waals surface area (Å²) in [4.78, 5) is 27.8. The Hall–Kier alpha value is -3.41. The van der Waals surface area contributed by atoms with Gasteiger partial charge in [0.2, 0.25) is 5.91 Å². The molecule has 6 nitrogen and oxygen atoms in total. The fourth-order valence-electron chi connectivity index (χ4n) is 2.57. The quantitative estimate of drug-likeness (QED) is 0.638. The molecule has 1 N–H and O–H groups in total. The molecule has 1 heterocycles. The highest BCUT2D eigenvalue weighted by atomic mass is 16.5. The van der Waals surface area contributed by atoms with Gasteiger partial charge in [0.05, 0.1) is 13.3 Å². The topological polar surface area (TPSA) is 81.4 Å². The number of carbonyl (C=O) groups is 2. The maximum atomic E-state index is 12.1. The number of benzene rings is 2. The molecule has 2 aromatic carbocycles. The van der Waals surface area contributed by atoms with E-state index in [0.29, 0.717) is 29.3 Å². The molecule has 0 radical (unpaired) electrons. The number of methoxy groups -OCH3 is 1. The van der Waals surface area contributed by atoms with E-state index in [1.807, 2.05) is 24.3 Å². The second-order valence-corrected chi connectivity index (χ2v) is 6.03. The molecule has 0 aliphatic heterocycles. The average molecular weight is 364 g/mol. The first kappa shape index (κ1) is 18.4. The Bertz CT molecular complexity index is 945. The fourth-order valence-corrected chi connectivity index (χ4v) is 2.57. The predicted molar refractivity (Wildman–Crippen MR) is 102 cm³/mol. The summed E-state index contributed by atoms with van der Waals surface area (Å²) in [5.41, 5.74) is 2.05. The summed E-state index contributed by atoms with van der Waals surface area (Å²) in [5.74, 6) is 1.69. The van der Waals surface area contributed by atoms with Crippen molar-refractivity contribution in [3.8, 4) is 17.1 Å². The van der Waals surface area contributed by atoms with Crippen molar-refractivity contribution in [2.45, 2.75) is 19.8 Å². The molecule has 0 atom stereocenters. The van der Waals surface area contributed by atoms with Gasteiger partial charge in [-0.2, -0.15) is 0 Å². The van der Waals surface area contributed by atoms with Crippen molar-refractivity contribution in [2.75, 3.05) is 12.4 Å². The highest BCUT2D eigenvalue weighted by molar-refractivity contribution is 5.97. The lowest BCUT2D eigenvalue weighted by atomic mass is 10.1. The number of nitrogens with one attached hydrogen (secondary N) is 1. The SMILES string of the molecule is COc1ccc(-c2cnc(CCC(=O)Nc3cccc(C(C)=O)c3)o2)cc1. The lowest BCUT2D eigenvalue weighted by molar-refractivity contribution is -0.116. The molecule has 1 amide bonds. The van der Waals surface area contributed by atoms with E-state index < -0.39 is 0 Å². The summed E-state index contributed by atoms with van der Waals surface area (Å²) >= 11 is 0. The van der Waals surface area contributed by atoms with Crippen LogP contribution in [0, 0.1) is 0 Å². The standard InChI is InChI=1S/C21H20N2O4/c1-14(24)16-4-3-5-17(12-16)23-20(25)10-11-21-22-13-19(27-21)15-6-8-18(26-2)9-7-15/h3-9,12-13H,10-11H2,1-2H3,(H,23,25). The van der Waals surface area contributed by atoms with Crippen LogP contribution in [-0.2, 0) is 11.2 Å². The Morgan fingerprint density at radius 1 is 1.15 bits per heavy atom. The minimum atomic E-state index is -0.167. The predicted octanol–water partition coefficient (Wildman–Crippen LogP) is 4.12. The zero-order valence-corrected chi connectivity index (χ0v) is 15.2. The van der Waals surface area contributed by atoms with Crippen molar-refractivity contribution in [2.24, 2.45) is 0 Å². The molecule has 3 aromatic rings. The van der Waals surface area contributed by atoms with Gasteiger partial charge in [-0.1, -0.05) is 12.1 Å². The van der Waals surface area contributed by atoms with Crippen LogP contribution in [-0.4, -0.2) is 23.8 Å². The first-order valence-electron chi connectivity index (χ1n) is 8.55. The van der Waals surface area contributed by atoms with Crippen LogP contribution in [0.4, 0.5) is 5.69 Å². The Balaban J connectivity index is 1.57. The van der Waals surface area contributed by atoms with Crippen molar-refractivity contribution >= 4 is 17.4 Å². The largest absolute Gasteiger partial charge is 0.497 e. The number of oxazole rings is 1. The second-order valence-electron chi connectivity index (χ2n) is 6.03. The number of hydrogen-bond acceptors (Lipinski definition) is 5. The summed E-state index contributed by atoms with van der Waals surface area (Å²) in [6.07, 6.45) is 2.26. The van der Waals surface area contributed by atoms with Gasteiger partial charge in [0.15, 0.2) is 17.4 Å². The molecule has 6 heteroatoms. The normalized spacial score (nSPS) is 10.4. The average Bonchev–Trinajstić information content (AvgIpc) is 3.16. The monoisotopic (exact) mass is 364 g/mol. The maximum absolute atomic E-state index is 12.1. The van der Waals surface area contributed by atoms with Crippen molar-refractivity contribution in [3.05, 3.63) is 66.2 Å². The molecule has 0 unspecified atom stereocenters. The van der Waals surface area contributed by atoms with Gasteiger partial charge >= 0.3 is 0 Å². The van der Waals surface area contributed by atoms with Crippen LogP contribution in [0.2, 0.25) is 0 Å². The van der Waals surface area contributed by atoms with Gasteiger partial charge < -0.3 is 14.5 Å². The van der Waals surface area contributed by atoms with E-state index in [-0.39, 0.29) is 18.1 Å². The number of Topliss-reactive ketones (excluding diaryl/α,β-unsaturated/α-hetero) is 1. The maximum Gasteiger partial charge on any atom is 0.224 e. The molecule has 3 rings (SSSR count). The van der Waals surface area contributed by atoms with Crippen molar-refractivity contribution in [1.82, 2.24) is 4.98 Å². The number of carbonyl (C=O) groups excluding carboxylic acids is 2. The van der Waals surface area contributed by atoms with E-state index in [9.17, 15) is 9.59 Å². The highest BCUT2D eigenvalue weighted by Gasteiger charge is 2.10. The molecule has 0 fully saturated rings. The number of ketones is 1. The van der Waals surface area contributed by atoms with Gasteiger partial charge in [-0.15, -0.1) is 0 Å². The molecule has 0 saturated heterocycles. The third kappa shape index (κ3) is 4.82. The summed E-state index contributed by atoms with van der Waals surface area (Å²) < 4.78 is 10.9. The van der Waals surface area contributed by atoms with Crippen LogP contribution < -0.4 is 10.1 Å². The van der Waals surface area contributed by atoms with Gasteiger partial charge in [0.1, 0.15) is 5.75 Å². The molecule has 27 heavy (non-hydrogen) atoms. The van der Waals surface area contributed by atoms with Gasteiger partial charge in [0.25, 0.3) is 0 Å². The lowest BCUT2D eigenvalue weighted by Crippen LogP contribution is -2.12. The number of rotatable bonds is 7. The number of amides is 1. The molecule has 0 aliphatic rings. The molecule has 0 bridgehead atoms. The third-order valence-electron chi connectivity index (χ3n) is 4.05. The van der Waals surface area contributed by atoms with Crippen LogP contribution in [0.25, 0.3) is 11.3 Å². The smallest absolute Gasteiger partial charge is 0.224 e. The lowest BCUT2D eigenvalue weighted by Gasteiger charge is -2.05. The Kier molecular flexibility index (Phi) is 5.66. The van der Waals surface area contributed by atoms with E-state index in [1.165, 1.54) is 6.92 Å². The summed E-state index contributed by atoms with van der Waals surface area (Å²) in [6.45, 7) is 1.49. The third-order valence-corrected chi connectivity index (χ3v) is 4.05. The Morgan fingerprint density at radius 3 is 2.63 bits per heavy atom. The zero-order valence-electron chi connectivity index (χ0n) is 15.2. The van der Waals surface area contributed by atoms with E-state index >= 15 is 0 Å². The summed E-state index contributed by atoms with van der Waals surface area (Å²) in [7, 11) is 1.61. The first-order chi connectivity index (χ1) is 13.0. The van der Waals surface area contributed by atoms with Gasteiger partial charge in [0, 0.05) is 29.7 Å². The van der Waals surface area contributed by atoms with Crippen LogP contribution in [0.1, 0.15) is 29.6 Å². The summed E-state index contributed by atoms with van der Waals surface area (Å²) in [6, 6.07) is 14.3. The minimum Gasteiger partial charge on any atom is -0.497 e. The van der Waals surface area contributed by atoms with E-state index in [2.05, 4.69) is 10.3 Å². The number of aromatic nitrogens is 1. The van der Waals surface area contributed by atoms with E-state index in [4.69, 9.17) is 9.15 Å². The van der Waals surface area contributed by atoms with Crippen molar-refractivity contribution in [1.29, 1.82) is 0 Å². The molecular weight excluding hydrogens is 344 g/mol. The van der Waals surface area contributed by atoms with Gasteiger partial charge in [-0.05, 0) is 43.3 Å². The van der Waals surface area contributed by atoms with E-state index in [0.717, 1.165) is 11.3 Å². The number of ether oxygens (including phenoxy) is 1. The van der Waals surface area contributed by atoms with Crippen LogP contribution in [0.5, 0.6) is 5.75 Å². The Morgan fingerprint density at radius 2 is 1.93 bits per heavy atom. The van der Waals surface area contributed by atoms with Gasteiger partial charge in [-0.3, -0.25) is 9.59 Å².